The minimum absolute atomic E-state index is 0.0705. The van der Waals surface area contributed by atoms with Crippen LogP contribution in [0.2, 0.25) is 0 Å². The Morgan fingerprint density at radius 3 is 2.42 bits per heavy atom. The number of anilines is 1. The van der Waals surface area contributed by atoms with Crippen molar-refractivity contribution in [2.75, 3.05) is 12.4 Å². The number of amides is 2. The Hall–Kier alpha value is -3.60. The Labute approximate surface area is 219 Å². The maximum absolute atomic E-state index is 14.1. The number of halogens is 3. The first-order chi connectivity index (χ1) is 18.0. The molecule has 0 radical (unpaired) electrons. The summed E-state index contributed by atoms with van der Waals surface area (Å²) in [6, 6.07) is 5.29. The van der Waals surface area contributed by atoms with E-state index in [2.05, 4.69) is 21.5 Å². The molecule has 11 heteroatoms. The maximum Gasteiger partial charge on any atom is 0.294 e. The van der Waals surface area contributed by atoms with Gasteiger partial charge in [-0.1, -0.05) is 19.4 Å². The Bertz CT molecular complexity index is 1280. The van der Waals surface area contributed by atoms with Crippen LogP contribution in [0.15, 0.2) is 36.0 Å². The van der Waals surface area contributed by atoms with E-state index in [9.17, 15) is 27.6 Å². The Kier molecular flexibility index (Phi) is 7.68. The van der Waals surface area contributed by atoms with Crippen LogP contribution in [-0.2, 0) is 17.8 Å². The maximum atomic E-state index is 14.1. The zero-order valence-corrected chi connectivity index (χ0v) is 21.6. The second-order valence-electron chi connectivity index (χ2n) is 9.87. The highest BCUT2D eigenvalue weighted by Crippen LogP contribution is 2.49. The molecule has 4 rings (SSSR count). The minimum Gasteiger partial charge on any atom is -0.341 e. The molecule has 2 heterocycles. The number of fused-ring (bicyclic) bond motifs is 1. The number of alkyl halides is 2. The van der Waals surface area contributed by atoms with Crippen molar-refractivity contribution in [2.45, 2.75) is 70.4 Å². The molecule has 0 atom stereocenters. The van der Waals surface area contributed by atoms with Gasteiger partial charge in [-0.05, 0) is 56.0 Å². The predicted octanol–water partition coefficient (Wildman–Crippen LogP) is 4.01. The van der Waals surface area contributed by atoms with Crippen molar-refractivity contribution in [3.63, 3.8) is 0 Å². The Morgan fingerprint density at radius 1 is 1.13 bits per heavy atom. The average Bonchev–Trinajstić information content (AvgIpc) is 3.40. The summed E-state index contributed by atoms with van der Waals surface area (Å²) < 4.78 is 43.1. The normalized spacial score (nSPS) is 17.4. The van der Waals surface area contributed by atoms with E-state index in [0.29, 0.717) is 48.4 Å². The summed E-state index contributed by atoms with van der Waals surface area (Å²) >= 11 is 0. The number of allylic oxidation sites excluding steroid dienone is 1. The molecule has 1 fully saturated rings. The molecule has 0 bridgehead atoms. The number of nitrogens with one attached hydrogen (secondary N) is 4. The fraction of sp³-hybridized carbons (Fsp3) is 0.444. The van der Waals surface area contributed by atoms with Gasteiger partial charge in [0, 0.05) is 43.5 Å². The summed E-state index contributed by atoms with van der Waals surface area (Å²) in [5.74, 6) is -5.80. The molecule has 0 spiro atoms. The van der Waals surface area contributed by atoms with Gasteiger partial charge in [-0.2, -0.15) is 0 Å². The average molecular weight is 532 g/mol. The van der Waals surface area contributed by atoms with Gasteiger partial charge < -0.3 is 20.6 Å². The van der Waals surface area contributed by atoms with E-state index >= 15 is 0 Å². The first kappa shape index (κ1) is 27.4. The van der Waals surface area contributed by atoms with Crippen LogP contribution in [0.5, 0.6) is 0 Å². The predicted molar refractivity (Wildman–Crippen MR) is 136 cm³/mol. The van der Waals surface area contributed by atoms with E-state index in [1.165, 1.54) is 24.3 Å². The van der Waals surface area contributed by atoms with Crippen LogP contribution in [0.3, 0.4) is 0 Å². The van der Waals surface area contributed by atoms with Crippen molar-refractivity contribution in [1.29, 1.82) is 0 Å². The molecule has 38 heavy (non-hydrogen) atoms. The number of rotatable bonds is 10. The zero-order valence-electron chi connectivity index (χ0n) is 21.6. The van der Waals surface area contributed by atoms with Crippen molar-refractivity contribution < 1.29 is 27.6 Å². The third kappa shape index (κ3) is 5.20. The number of benzene rings is 1. The number of nitrogens with zero attached hydrogens (tertiary/aromatic N) is 1. The molecule has 2 amide bonds. The van der Waals surface area contributed by atoms with E-state index in [0.717, 1.165) is 6.42 Å². The SMILES string of the molecule is CCC/C=C(\NNC)C1(NC(=O)C(=O)c2c(C)c(C(=O)Nc3ccc(F)cc3)c3n2CCC3)CC(F)(F)C1. The number of hydrogen-bond donors (Lipinski definition) is 4. The van der Waals surface area contributed by atoms with Gasteiger partial charge in [-0.25, -0.2) is 18.6 Å². The van der Waals surface area contributed by atoms with Gasteiger partial charge in [0.1, 0.15) is 5.82 Å². The lowest BCUT2D eigenvalue weighted by Crippen LogP contribution is -2.66. The lowest BCUT2D eigenvalue weighted by molar-refractivity contribution is -0.138. The molecule has 0 saturated heterocycles. The van der Waals surface area contributed by atoms with Gasteiger partial charge in [0.25, 0.3) is 23.5 Å². The quantitative estimate of drug-likeness (QED) is 0.211. The number of carbonyl (C=O) groups is 3. The number of aromatic nitrogens is 1. The summed E-state index contributed by atoms with van der Waals surface area (Å²) in [5, 5.41) is 5.31. The molecule has 1 saturated carbocycles. The van der Waals surface area contributed by atoms with E-state index in [1.54, 1.807) is 24.6 Å². The fourth-order valence-electron chi connectivity index (χ4n) is 5.39. The van der Waals surface area contributed by atoms with Crippen molar-refractivity contribution in [1.82, 2.24) is 20.7 Å². The number of carbonyl (C=O) groups excluding carboxylic acids is 3. The number of hydrazine groups is 1. The molecule has 204 valence electrons. The van der Waals surface area contributed by atoms with Crippen molar-refractivity contribution in [3.8, 4) is 0 Å². The molecule has 4 N–H and O–H groups in total. The summed E-state index contributed by atoms with van der Waals surface area (Å²) in [6.07, 6.45) is 3.05. The molecule has 1 aliphatic heterocycles. The van der Waals surface area contributed by atoms with E-state index in [-0.39, 0.29) is 11.3 Å². The van der Waals surface area contributed by atoms with Gasteiger partial charge in [-0.15, -0.1) is 0 Å². The largest absolute Gasteiger partial charge is 0.341 e. The van der Waals surface area contributed by atoms with Crippen LogP contribution in [0.25, 0.3) is 0 Å². The van der Waals surface area contributed by atoms with Gasteiger partial charge in [-0.3, -0.25) is 14.4 Å². The highest BCUT2D eigenvalue weighted by Gasteiger charge is 2.60. The number of ketones is 1. The molecule has 2 aromatic rings. The van der Waals surface area contributed by atoms with Crippen LogP contribution >= 0.6 is 0 Å². The molecule has 1 aromatic carbocycles. The van der Waals surface area contributed by atoms with E-state index < -0.39 is 47.7 Å². The first-order valence-corrected chi connectivity index (χ1v) is 12.7. The highest BCUT2D eigenvalue weighted by atomic mass is 19.3. The molecular weight excluding hydrogens is 499 g/mol. The summed E-state index contributed by atoms with van der Waals surface area (Å²) in [4.78, 5) is 39.9. The Balaban J connectivity index is 1.62. The molecule has 1 aromatic heterocycles. The highest BCUT2D eigenvalue weighted by molar-refractivity contribution is 6.43. The van der Waals surface area contributed by atoms with Gasteiger partial charge in [0.2, 0.25) is 0 Å². The monoisotopic (exact) mass is 531 g/mol. The number of unbranched alkanes of at least 4 members (excludes halogenated alkanes) is 1. The smallest absolute Gasteiger partial charge is 0.294 e. The fourth-order valence-corrected chi connectivity index (χ4v) is 5.39. The van der Waals surface area contributed by atoms with Crippen molar-refractivity contribution in [2.24, 2.45) is 0 Å². The van der Waals surface area contributed by atoms with Crippen molar-refractivity contribution >= 4 is 23.3 Å². The van der Waals surface area contributed by atoms with E-state index in [4.69, 9.17) is 0 Å². The minimum atomic E-state index is -2.98. The van der Waals surface area contributed by atoms with Crippen LogP contribution in [0, 0.1) is 12.7 Å². The zero-order chi connectivity index (χ0) is 27.7. The van der Waals surface area contributed by atoms with Crippen LogP contribution in [0.1, 0.15) is 71.1 Å². The first-order valence-electron chi connectivity index (χ1n) is 12.7. The lowest BCUT2D eigenvalue weighted by Gasteiger charge is -2.49. The molecule has 1 aliphatic carbocycles. The molecule has 0 unspecified atom stereocenters. The third-order valence-corrected chi connectivity index (χ3v) is 7.05. The third-order valence-electron chi connectivity index (χ3n) is 7.05. The van der Waals surface area contributed by atoms with Crippen LogP contribution < -0.4 is 21.5 Å². The lowest BCUT2D eigenvalue weighted by atomic mass is 9.70. The second-order valence-corrected chi connectivity index (χ2v) is 9.87. The second kappa shape index (κ2) is 10.6. The topological polar surface area (TPSA) is 104 Å². The van der Waals surface area contributed by atoms with Crippen molar-refractivity contribution in [3.05, 3.63) is 64.4 Å². The molecule has 2 aliphatic rings. The molecule has 8 nitrogen and oxygen atoms in total. The van der Waals surface area contributed by atoms with E-state index in [1.807, 2.05) is 6.92 Å². The number of Topliss-reactive ketones (excluding diaryl/α,β-unsaturated/α-hetero) is 1. The standard InChI is InChI=1S/C27H32F3N5O3/c1-4-5-8-20(34-31-3)26(14-27(29,30)15-26)33-25(38)23(36)22-16(2)21(19-7-6-13-35(19)22)24(37)32-18-11-9-17(28)10-12-18/h8-12,31,34H,4-7,13-15H2,1-3H3,(H,32,37)(H,33,38)/b20-8-. The number of hydrogen-bond acceptors (Lipinski definition) is 5. The van der Waals surface area contributed by atoms with Gasteiger partial charge in [0.05, 0.1) is 16.8 Å². The Morgan fingerprint density at radius 2 is 1.82 bits per heavy atom. The van der Waals surface area contributed by atoms with Crippen LogP contribution in [0.4, 0.5) is 18.9 Å². The summed E-state index contributed by atoms with van der Waals surface area (Å²) in [5.41, 5.74) is 6.24. The molecular formula is C27H32F3N5O3. The van der Waals surface area contributed by atoms with Gasteiger partial charge >= 0.3 is 0 Å². The summed E-state index contributed by atoms with van der Waals surface area (Å²) in [6.45, 7) is 3.98. The van der Waals surface area contributed by atoms with Crippen LogP contribution in [-0.4, -0.2) is 40.7 Å². The summed E-state index contributed by atoms with van der Waals surface area (Å²) in [7, 11) is 1.59. The van der Waals surface area contributed by atoms with Gasteiger partial charge in [0.15, 0.2) is 0 Å².